The normalized spacial score (nSPS) is 22.9. The Bertz CT molecular complexity index is 386. The Balaban J connectivity index is 1.84. The van der Waals surface area contributed by atoms with E-state index in [1.54, 1.807) is 0 Å². The molecule has 0 bridgehead atoms. The molecule has 2 atom stereocenters. The fraction of sp³-hybridized carbons (Fsp3) is 0.571. The molecule has 4 heteroatoms. The van der Waals surface area contributed by atoms with E-state index in [1.807, 2.05) is 18.2 Å². The largest absolute Gasteiger partial charge is 0.374 e. The van der Waals surface area contributed by atoms with Gasteiger partial charge in [-0.05, 0) is 25.6 Å². The summed E-state index contributed by atoms with van der Waals surface area (Å²) < 4.78 is 5.73. The van der Waals surface area contributed by atoms with Crippen LogP contribution in [0.5, 0.6) is 0 Å². The molecule has 3 nitrogen and oxygen atoms in total. The third-order valence-corrected chi connectivity index (χ3v) is 3.71. The van der Waals surface area contributed by atoms with Crippen molar-refractivity contribution in [1.29, 1.82) is 0 Å². The molecule has 1 fully saturated rings. The minimum absolute atomic E-state index is 0.245. The van der Waals surface area contributed by atoms with Crippen LogP contribution in [0.2, 0.25) is 5.02 Å². The zero-order valence-corrected chi connectivity index (χ0v) is 11.8. The Morgan fingerprint density at radius 3 is 3.00 bits per heavy atom. The van der Waals surface area contributed by atoms with Crippen LogP contribution in [0.3, 0.4) is 0 Å². The predicted molar refractivity (Wildman–Crippen MR) is 75.1 cm³/mol. The Hall–Kier alpha value is -0.610. The van der Waals surface area contributed by atoms with Crippen molar-refractivity contribution in [3.63, 3.8) is 0 Å². The van der Waals surface area contributed by atoms with Gasteiger partial charge in [0.25, 0.3) is 0 Å². The SMILES string of the molecule is C[C@@H](NCC1CN(C)CCO1)c1ccccc1Cl. The molecule has 1 N–H and O–H groups in total. The Morgan fingerprint density at radius 2 is 2.28 bits per heavy atom. The Kier molecular flexibility index (Phi) is 5.01. The van der Waals surface area contributed by atoms with Crippen molar-refractivity contribution < 1.29 is 4.74 Å². The van der Waals surface area contributed by atoms with E-state index in [1.165, 1.54) is 0 Å². The minimum atomic E-state index is 0.245. The molecule has 0 aliphatic carbocycles. The highest BCUT2D eigenvalue weighted by molar-refractivity contribution is 6.31. The van der Waals surface area contributed by atoms with Gasteiger partial charge < -0.3 is 15.0 Å². The first-order valence-electron chi connectivity index (χ1n) is 6.45. The summed E-state index contributed by atoms with van der Waals surface area (Å²) in [5.41, 5.74) is 1.14. The average molecular weight is 269 g/mol. The molecule has 1 aromatic carbocycles. The van der Waals surface area contributed by atoms with Gasteiger partial charge in [-0.3, -0.25) is 0 Å². The van der Waals surface area contributed by atoms with Gasteiger partial charge in [0.05, 0.1) is 12.7 Å². The van der Waals surface area contributed by atoms with E-state index in [0.717, 1.165) is 36.8 Å². The lowest BCUT2D eigenvalue weighted by molar-refractivity contribution is -0.0190. The summed E-state index contributed by atoms with van der Waals surface area (Å²) in [6.45, 7) is 5.83. The molecule has 0 spiro atoms. The smallest absolute Gasteiger partial charge is 0.0826 e. The van der Waals surface area contributed by atoms with Gasteiger partial charge in [-0.25, -0.2) is 0 Å². The second-order valence-electron chi connectivity index (χ2n) is 4.91. The van der Waals surface area contributed by atoms with E-state index in [2.05, 4.69) is 30.3 Å². The first-order valence-corrected chi connectivity index (χ1v) is 6.82. The van der Waals surface area contributed by atoms with Gasteiger partial charge in [-0.15, -0.1) is 0 Å². The number of likely N-dealkylation sites (N-methyl/N-ethyl adjacent to an activating group) is 1. The van der Waals surface area contributed by atoms with Crippen molar-refractivity contribution in [2.24, 2.45) is 0 Å². The quantitative estimate of drug-likeness (QED) is 0.907. The van der Waals surface area contributed by atoms with E-state index in [0.29, 0.717) is 0 Å². The summed E-state index contributed by atoms with van der Waals surface area (Å²) in [5, 5.41) is 4.31. The molecule has 1 heterocycles. The summed E-state index contributed by atoms with van der Waals surface area (Å²) in [6, 6.07) is 8.21. The lowest BCUT2D eigenvalue weighted by atomic mass is 10.1. The summed E-state index contributed by atoms with van der Waals surface area (Å²) in [7, 11) is 2.13. The number of nitrogens with zero attached hydrogens (tertiary/aromatic N) is 1. The molecular formula is C14H21ClN2O. The van der Waals surface area contributed by atoms with Crippen molar-refractivity contribution in [3.05, 3.63) is 34.9 Å². The first-order chi connectivity index (χ1) is 8.66. The summed E-state index contributed by atoms with van der Waals surface area (Å²) >= 11 is 6.18. The molecule has 100 valence electrons. The Morgan fingerprint density at radius 1 is 1.50 bits per heavy atom. The highest BCUT2D eigenvalue weighted by Gasteiger charge is 2.18. The zero-order valence-electron chi connectivity index (χ0n) is 11.0. The van der Waals surface area contributed by atoms with E-state index >= 15 is 0 Å². The maximum absolute atomic E-state index is 6.18. The highest BCUT2D eigenvalue weighted by atomic mass is 35.5. The number of halogens is 1. The second kappa shape index (κ2) is 6.53. The number of benzene rings is 1. The van der Waals surface area contributed by atoms with Crippen molar-refractivity contribution in [2.45, 2.75) is 19.1 Å². The van der Waals surface area contributed by atoms with Crippen LogP contribution in [0.25, 0.3) is 0 Å². The third-order valence-electron chi connectivity index (χ3n) is 3.37. The number of hydrogen-bond acceptors (Lipinski definition) is 3. The number of ether oxygens (including phenoxy) is 1. The van der Waals surface area contributed by atoms with E-state index in [-0.39, 0.29) is 12.1 Å². The van der Waals surface area contributed by atoms with Crippen molar-refractivity contribution >= 4 is 11.6 Å². The lowest BCUT2D eigenvalue weighted by Crippen LogP contribution is -2.45. The fourth-order valence-corrected chi connectivity index (χ4v) is 2.53. The molecule has 1 saturated heterocycles. The van der Waals surface area contributed by atoms with Crippen LogP contribution < -0.4 is 5.32 Å². The molecule has 2 rings (SSSR count). The summed E-state index contributed by atoms with van der Waals surface area (Å²) in [4.78, 5) is 2.30. The summed E-state index contributed by atoms with van der Waals surface area (Å²) in [5.74, 6) is 0. The van der Waals surface area contributed by atoms with Gasteiger partial charge in [-0.2, -0.15) is 0 Å². The van der Waals surface area contributed by atoms with Gasteiger partial charge >= 0.3 is 0 Å². The van der Waals surface area contributed by atoms with Crippen LogP contribution in [0.4, 0.5) is 0 Å². The standard InChI is InChI=1S/C14H21ClN2O/c1-11(13-5-3-4-6-14(13)15)16-9-12-10-17(2)7-8-18-12/h3-6,11-12,16H,7-10H2,1-2H3/t11-,12?/m1/s1. The molecule has 0 aromatic heterocycles. The molecule has 1 aromatic rings. The van der Waals surface area contributed by atoms with Gasteiger partial charge in [0.2, 0.25) is 0 Å². The van der Waals surface area contributed by atoms with Gasteiger partial charge in [-0.1, -0.05) is 29.8 Å². The first kappa shape index (κ1) is 13.8. The monoisotopic (exact) mass is 268 g/mol. The highest BCUT2D eigenvalue weighted by Crippen LogP contribution is 2.22. The molecule has 1 aliphatic heterocycles. The van der Waals surface area contributed by atoms with Crippen LogP contribution in [0, 0.1) is 0 Å². The van der Waals surface area contributed by atoms with E-state index in [9.17, 15) is 0 Å². The molecule has 1 unspecified atom stereocenters. The molecule has 0 radical (unpaired) electrons. The number of hydrogen-bond donors (Lipinski definition) is 1. The maximum atomic E-state index is 6.18. The van der Waals surface area contributed by atoms with Crippen LogP contribution in [0.15, 0.2) is 24.3 Å². The fourth-order valence-electron chi connectivity index (χ4n) is 2.23. The van der Waals surface area contributed by atoms with E-state index < -0.39 is 0 Å². The van der Waals surface area contributed by atoms with Crippen LogP contribution in [-0.2, 0) is 4.74 Å². The molecule has 0 amide bonds. The zero-order chi connectivity index (χ0) is 13.0. The molecule has 18 heavy (non-hydrogen) atoms. The third kappa shape index (κ3) is 3.69. The van der Waals surface area contributed by atoms with Gasteiger partial charge in [0, 0.05) is 30.7 Å². The van der Waals surface area contributed by atoms with E-state index in [4.69, 9.17) is 16.3 Å². The van der Waals surface area contributed by atoms with Gasteiger partial charge in [0.15, 0.2) is 0 Å². The second-order valence-corrected chi connectivity index (χ2v) is 5.31. The van der Waals surface area contributed by atoms with Crippen molar-refractivity contribution in [1.82, 2.24) is 10.2 Å². The van der Waals surface area contributed by atoms with Crippen LogP contribution in [-0.4, -0.2) is 44.3 Å². The average Bonchev–Trinajstić information content (AvgIpc) is 2.37. The van der Waals surface area contributed by atoms with Gasteiger partial charge in [0.1, 0.15) is 0 Å². The number of rotatable bonds is 4. The number of nitrogens with one attached hydrogen (secondary N) is 1. The number of morpholine rings is 1. The summed E-state index contributed by atoms with van der Waals surface area (Å²) in [6.07, 6.45) is 0.272. The molecule has 1 aliphatic rings. The lowest BCUT2D eigenvalue weighted by Gasteiger charge is -2.31. The maximum Gasteiger partial charge on any atom is 0.0826 e. The minimum Gasteiger partial charge on any atom is -0.374 e. The van der Waals surface area contributed by atoms with Crippen molar-refractivity contribution in [2.75, 3.05) is 33.3 Å². The van der Waals surface area contributed by atoms with Crippen LogP contribution >= 0.6 is 11.6 Å². The van der Waals surface area contributed by atoms with Crippen molar-refractivity contribution in [3.8, 4) is 0 Å². The Labute approximate surface area is 114 Å². The molecule has 0 saturated carbocycles. The van der Waals surface area contributed by atoms with Crippen LogP contribution in [0.1, 0.15) is 18.5 Å². The topological polar surface area (TPSA) is 24.5 Å². The molecular weight excluding hydrogens is 248 g/mol. The predicted octanol–water partition coefficient (Wildman–Crippen LogP) is 2.32.